The van der Waals surface area contributed by atoms with Gasteiger partial charge in [0.25, 0.3) is 0 Å². The molecule has 0 unspecified atom stereocenters. The number of anilines is 1. The van der Waals surface area contributed by atoms with Crippen LogP contribution in [0.2, 0.25) is 0 Å². The molecule has 0 heterocycles. The third-order valence-corrected chi connectivity index (χ3v) is 2.16. The molecule has 0 aliphatic carbocycles. The number of aromatic carboxylic acids is 1. The Morgan fingerprint density at radius 2 is 1.90 bits per heavy atom. The predicted octanol–water partition coefficient (Wildman–Crippen LogP) is 2.88. The van der Waals surface area contributed by atoms with Crippen molar-refractivity contribution < 1.29 is 28.6 Å². The van der Waals surface area contributed by atoms with Crippen LogP contribution >= 0.6 is 0 Å². The number of rotatable bonds is 3. The van der Waals surface area contributed by atoms with Crippen LogP contribution in [0.4, 0.5) is 14.9 Å². The topological polar surface area (TPSA) is 84.9 Å². The van der Waals surface area contributed by atoms with Crippen molar-refractivity contribution in [3.8, 4) is 5.75 Å². The Bertz CT molecular complexity index is 536. The van der Waals surface area contributed by atoms with Gasteiger partial charge in [-0.15, -0.1) is 0 Å². The van der Waals surface area contributed by atoms with Gasteiger partial charge in [0.15, 0.2) is 0 Å². The van der Waals surface area contributed by atoms with Crippen LogP contribution in [0.3, 0.4) is 0 Å². The molecule has 0 bridgehead atoms. The first-order chi connectivity index (χ1) is 9.14. The number of carbonyl (C=O) groups excluding carboxylic acids is 1. The maximum atomic E-state index is 13.7. The van der Waals surface area contributed by atoms with Gasteiger partial charge in [-0.2, -0.15) is 0 Å². The van der Waals surface area contributed by atoms with E-state index in [1.165, 1.54) is 7.11 Å². The van der Waals surface area contributed by atoms with E-state index in [0.717, 1.165) is 12.1 Å². The van der Waals surface area contributed by atoms with Crippen LogP contribution in [0.5, 0.6) is 5.75 Å². The van der Waals surface area contributed by atoms with E-state index in [2.05, 4.69) is 5.32 Å². The minimum Gasteiger partial charge on any atom is -0.496 e. The summed E-state index contributed by atoms with van der Waals surface area (Å²) >= 11 is 0. The quantitative estimate of drug-likeness (QED) is 0.892. The van der Waals surface area contributed by atoms with Gasteiger partial charge in [0.2, 0.25) is 0 Å². The zero-order valence-corrected chi connectivity index (χ0v) is 11.6. The van der Waals surface area contributed by atoms with Crippen molar-refractivity contribution in [3.05, 3.63) is 23.5 Å². The molecule has 110 valence electrons. The second-order valence-electron chi connectivity index (χ2n) is 4.96. The summed E-state index contributed by atoms with van der Waals surface area (Å²) in [6.45, 7) is 4.99. The monoisotopic (exact) mass is 285 g/mol. The molecule has 0 atom stereocenters. The highest BCUT2D eigenvalue weighted by atomic mass is 19.1. The molecule has 0 saturated carbocycles. The molecule has 1 rings (SSSR count). The summed E-state index contributed by atoms with van der Waals surface area (Å²) in [4.78, 5) is 22.4. The Labute approximate surface area is 115 Å². The highest BCUT2D eigenvalue weighted by Gasteiger charge is 2.20. The fourth-order valence-corrected chi connectivity index (χ4v) is 1.40. The molecule has 1 amide bonds. The van der Waals surface area contributed by atoms with Crippen LogP contribution in [0.1, 0.15) is 31.1 Å². The third-order valence-electron chi connectivity index (χ3n) is 2.16. The number of hydrogen-bond donors (Lipinski definition) is 2. The van der Waals surface area contributed by atoms with E-state index >= 15 is 0 Å². The summed E-state index contributed by atoms with van der Waals surface area (Å²) < 4.78 is 23.6. The van der Waals surface area contributed by atoms with Crippen molar-refractivity contribution in [1.82, 2.24) is 0 Å². The molecule has 6 nitrogen and oxygen atoms in total. The van der Waals surface area contributed by atoms with Gasteiger partial charge in [-0.3, -0.25) is 5.32 Å². The van der Waals surface area contributed by atoms with Gasteiger partial charge in [-0.05, 0) is 26.8 Å². The summed E-state index contributed by atoms with van der Waals surface area (Å²) in [6.07, 6.45) is -0.846. The van der Waals surface area contributed by atoms with Gasteiger partial charge in [-0.1, -0.05) is 0 Å². The summed E-state index contributed by atoms with van der Waals surface area (Å²) in [5.74, 6) is -2.29. The molecule has 1 aromatic carbocycles. The van der Waals surface area contributed by atoms with Gasteiger partial charge < -0.3 is 14.6 Å². The molecule has 0 fully saturated rings. The van der Waals surface area contributed by atoms with E-state index in [9.17, 15) is 14.0 Å². The number of ether oxygens (including phenoxy) is 2. The summed E-state index contributed by atoms with van der Waals surface area (Å²) in [5, 5.41) is 11.1. The molecule has 0 spiro atoms. The van der Waals surface area contributed by atoms with Crippen molar-refractivity contribution >= 4 is 17.7 Å². The SMILES string of the molecule is COc1cc(NC(=O)OC(C)(C)C)c(F)cc1C(=O)O. The smallest absolute Gasteiger partial charge is 0.412 e. The van der Waals surface area contributed by atoms with E-state index in [0.29, 0.717) is 0 Å². The molecule has 7 heteroatoms. The molecule has 0 saturated heterocycles. The lowest BCUT2D eigenvalue weighted by atomic mass is 10.1. The van der Waals surface area contributed by atoms with E-state index in [4.69, 9.17) is 14.6 Å². The number of nitrogens with one attached hydrogen (secondary N) is 1. The molecule has 0 aliphatic rings. The van der Waals surface area contributed by atoms with E-state index in [1.807, 2.05) is 0 Å². The molecule has 1 aromatic rings. The highest BCUT2D eigenvalue weighted by Crippen LogP contribution is 2.27. The Balaban J connectivity index is 3.02. The van der Waals surface area contributed by atoms with Gasteiger partial charge in [-0.25, -0.2) is 14.0 Å². The second kappa shape index (κ2) is 5.77. The molecule has 0 aliphatic heterocycles. The zero-order valence-electron chi connectivity index (χ0n) is 11.6. The molecule has 0 radical (unpaired) electrons. The molecular weight excluding hydrogens is 269 g/mol. The minimum atomic E-state index is -1.33. The number of carbonyl (C=O) groups is 2. The maximum absolute atomic E-state index is 13.7. The van der Waals surface area contributed by atoms with E-state index < -0.39 is 23.5 Å². The minimum absolute atomic E-state index is 0.0649. The number of carboxylic acid groups (broad SMARTS) is 1. The number of carboxylic acids is 1. The van der Waals surface area contributed by atoms with Crippen molar-refractivity contribution in [2.75, 3.05) is 12.4 Å². The first-order valence-electron chi connectivity index (χ1n) is 5.75. The van der Waals surface area contributed by atoms with Crippen LogP contribution in [-0.4, -0.2) is 29.9 Å². The molecule has 0 aromatic heterocycles. The first kappa shape index (κ1) is 15.7. The third kappa shape index (κ3) is 4.11. The predicted molar refractivity (Wildman–Crippen MR) is 69.8 cm³/mol. The number of hydrogen-bond acceptors (Lipinski definition) is 4. The lowest BCUT2D eigenvalue weighted by molar-refractivity contribution is 0.0634. The molecular formula is C13H16FNO5. The van der Waals surface area contributed by atoms with Crippen LogP contribution in [0.25, 0.3) is 0 Å². The number of benzene rings is 1. The number of amides is 1. The fourth-order valence-electron chi connectivity index (χ4n) is 1.40. The van der Waals surface area contributed by atoms with Gasteiger partial charge in [0.1, 0.15) is 22.7 Å². The Kier molecular flexibility index (Phi) is 4.54. The van der Waals surface area contributed by atoms with Crippen LogP contribution in [0.15, 0.2) is 12.1 Å². The number of halogens is 1. The van der Waals surface area contributed by atoms with Crippen molar-refractivity contribution in [1.29, 1.82) is 0 Å². The Hall–Kier alpha value is -2.31. The standard InChI is InChI=1S/C13H16FNO5/c1-13(2,3)20-12(18)15-9-6-10(19-4)7(11(16)17)5-8(9)14/h5-6H,1-4H3,(H,15,18)(H,16,17). The lowest BCUT2D eigenvalue weighted by Crippen LogP contribution is -2.27. The average molecular weight is 285 g/mol. The fraction of sp³-hybridized carbons (Fsp3) is 0.385. The Morgan fingerprint density at radius 1 is 1.30 bits per heavy atom. The molecule has 2 N–H and O–H groups in total. The van der Waals surface area contributed by atoms with Gasteiger partial charge >= 0.3 is 12.1 Å². The van der Waals surface area contributed by atoms with Crippen molar-refractivity contribution in [2.45, 2.75) is 26.4 Å². The van der Waals surface area contributed by atoms with E-state index in [1.54, 1.807) is 20.8 Å². The largest absolute Gasteiger partial charge is 0.496 e. The lowest BCUT2D eigenvalue weighted by Gasteiger charge is -2.20. The van der Waals surface area contributed by atoms with Crippen molar-refractivity contribution in [3.63, 3.8) is 0 Å². The van der Waals surface area contributed by atoms with Crippen LogP contribution in [0, 0.1) is 5.82 Å². The highest BCUT2D eigenvalue weighted by molar-refractivity contribution is 5.93. The summed E-state index contributed by atoms with van der Waals surface area (Å²) in [5.41, 5.74) is -1.29. The summed E-state index contributed by atoms with van der Waals surface area (Å²) in [7, 11) is 1.25. The normalized spacial score (nSPS) is 10.8. The summed E-state index contributed by atoms with van der Waals surface area (Å²) in [6, 6.07) is 1.86. The zero-order chi connectivity index (χ0) is 15.5. The van der Waals surface area contributed by atoms with Gasteiger partial charge in [0, 0.05) is 6.07 Å². The average Bonchev–Trinajstić information content (AvgIpc) is 2.28. The Morgan fingerprint density at radius 3 is 2.35 bits per heavy atom. The van der Waals surface area contributed by atoms with Crippen molar-refractivity contribution in [2.24, 2.45) is 0 Å². The van der Waals surface area contributed by atoms with E-state index in [-0.39, 0.29) is 17.0 Å². The first-order valence-corrected chi connectivity index (χ1v) is 5.75. The van der Waals surface area contributed by atoms with Crippen LogP contribution < -0.4 is 10.1 Å². The second-order valence-corrected chi connectivity index (χ2v) is 4.96. The van der Waals surface area contributed by atoms with Crippen LogP contribution in [-0.2, 0) is 4.74 Å². The molecule has 20 heavy (non-hydrogen) atoms. The number of methoxy groups -OCH3 is 1. The van der Waals surface area contributed by atoms with Gasteiger partial charge in [0.05, 0.1) is 12.8 Å². The maximum Gasteiger partial charge on any atom is 0.412 e.